The third kappa shape index (κ3) is 1.65. The first-order chi connectivity index (χ1) is 8.16. The maximum Gasteiger partial charge on any atom is 0.139 e. The van der Waals surface area contributed by atoms with Gasteiger partial charge in [-0.25, -0.2) is 0 Å². The molecule has 1 aliphatic carbocycles. The van der Waals surface area contributed by atoms with Gasteiger partial charge in [-0.1, -0.05) is 12.1 Å². The van der Waals surface area contributed by atoms with Gasteiger partial charge >= 0.3 is 0 Å². The molecular weight excluding hydrogens is 214 g/mol. The zero-order valence-corrected chi connectivity index (χ0v) is 9.97. The summed E-state index contributed by atoms with van der Waals surface area (Å²) in [5, 5.41) is 9.56. The zero-order valence-electron chi connectivity index (χ0n) is 9.97. The SMILES string of the molecule is CN1C2CCC(C(=O)C2)C1c1cccc(O)c1. The number of phenolic OH excluding ortho intramolecular Hbond substituents is 1. The fraction of sp³-hybridized carbons (Fsp3) is 0.500. The van der Waals surface area contributed by atoms with Gasteiger partial charge in [0.15, 0.2) is 0 Å². The van der Waals surface area contributed by atoms with E-state index in [9.17, 15) is 9.90 Å². The third-order valence-corrected chi connectivity index (χ3v) is 4.27. The number of carbonyl (C=O) groups excluding carboxylic acids is 1. The normalized spacial score (nSPS) is 33.0. The molecule has 3 fully saturated rings. The molecule has 1 N–H and O–H groups in total. The van der Waals surface area contributed by atoms with Gasteiger partial charge in [-0.05, 0) is 37.6 Å². The van der Waals surface area contributed by atoms with Gasteiger partial charge in [0.25, 0.3) is 0 Å². The number of ketones is 1. The van der Waals surface area contributed by atoms with Crippen LogP contribution >= 0.6 is 0 Å². The van der Waals surface area contributed by atoms with Crippen LogP contribution in [0.4, 0.5) is 0 Å². The summed E-state index contributed by atoms with van der Waals surface area (Å²) in [6.07, 6.45) is 2.83. The summed E-state index contributed by atoms with van der Waals surface area (Å²) in [6, 6.07) is 7.86. The minimum atomic E-state index is 0.117. The lowest BCUT2D eigenvalue weighted by Gasteiger charge is -2.49. The minimum absolute atomic E-state index is 0.117. The Morgan fingerprint density at radius 1 is 1.35 bits per heavy atom. The molecule has 1 saturated carbocycles. The summed E-state index contributed by atoms with van der Waals surface area (Å²) in [6.45, 7) is 0. The Balaban J connectivity index is 1.99. The van der Waals surface area contributed by atoms with Crippen molar-refractivity contribution in [1.29, 1.82) is 0 Å². The third-order valence-electron chi connectivity index (χ3n) is 4.27. The Morgan fingerprint density at radius 3 is 2.88 bits per heavy atom. The topological polar surface area (TPSA) is 40.5 Å². The number of fused-ring (bicyclic) bond motifs is 3. The van der Waals surface area contributed by atoms with Crippen LogP contribution in [0.15, 0.2) is 24.3 Å². The van der Waals surface area contributed by atoms with Crippen LogP contribution in [0.25, 0.3) is 0 Å². The van der Waals surface area contributed by atoms with Gasteiger partial charge in [0.05, 0.1) is 0 Å². The van der Waals surface area contributed by atoms with Crippen molar-refractivity contribution in [3.05, 3.63) is 29.8 Å². The first-order valence-electron chi connectivity index (χ1n) is 6.20. The van der Waals surface area contributed by atoms with Crippen LogP contribution in [0, 0.1) is 5.92 Å². The Bertz CT molecular complexity index is 457. The van der Waals surface area contributed by atoms with Crippen molar-refractivity contribution in [2.75, 3.05) is 7.05 Å². The summed E-state index contributed by atoms with van der Waals surface area (Å²) in [4.78, 5) is 14.3. The summed E-state index contributed by atoms with van der Waals surface area (Å²) in [5.41, 5.74) is 1.07. The van der Waals surface area contributed by atoms with Crippen LogP contribution in [-0.2, 0) is 4.79 Å². The Hall–Kier alpha value is -1.35. The molecular formula is C14H17NO2. The van der Waals surface area contributed by atoms with Crippen LogP contribution in [0.3, 0.4) is 0 Å². The number of aromatic hydroxyl groups is 1. The van der Waals surface area contributed by atoms with Crippen molar-refractivity contribution >= 4 is 5.78 Å². The average Bonchev–Trinajstić information content (AvgIpc) is 2.31. The average molecular weight is 231 g/mol. The van der Waals surface area contributed by atoms with Gasteiger partial charge in [-0.15, -0.1) is 0 Å². The molecule has 3 aliphatic rings. The summed E-state index contributed by atoms with van der Waals surface area (Å²) in [7, 11) is 2.10. The van der Waals surface area contributed by atoms with E-state index in [1.165, 1.54) is 0 Å². The van der Waals surface area contributed by atoms with Crippen LogP contribution in [-0.4, -0.2) is 28.9 Å². The molecule has 1 aromatic carbocycles. The molecule has 2 saturated heterocycles. The Labute approximate surface area is 101 Å². The standard InChI is InChI=1S/C14H17NO2/c1-15-10-5-6-12(13(17)8-10)14(15)9-3-2-4-11(16)7-9/h2-4,7,10,12,14,16H,5-6,8H2,1H3. The van der Waals surface area contributed by atoms with Gasteiger partial charge in [-0.3, -0.25) is 9.69 Å². The van der Waals surface area contributed by atoms with Gasteiger partial charge in [0, 0.05) is 24.4 Å². The van der Waals surface area contributed by atoms with E-state index in [1.807, 2.05) is 12.1 Å². The number of nitrogens with zero attached hydrogens (tertiary/aromatic N) is 1. The highest BCUT2D eigenvalue weighted by molar-refractivity contribution is 5.84. The predicted molar refractivity (Wildman–Crippen MR) is 64.7 cm³/mol. The molecule has 3 nitrogen and oxygen atoms in total. The molecule has 2 heterocycles. The molecule has 3 unspecified atom stereocenters. The van der Waals surface area contributed by atoms with E-state index in [4.69, 9.17) is 0 Å². The molecule has 0 spiro atoms. The number of hydrogen-bond acceptors (Lipinski definition) is 3. The van der Waals surface area contributed by atoms with Gasteiger partial charge < -0.3 is 5.11 Å². The Morgan fingerprint density at radius 2 is 2.18 bits per heavy atom. The van der Waals surface area contributed by atoms with E-state index in [-0.39, 0.29) is 17.7 Å². The van der Waals surface area contributed by atoms with Crippen molar-refractivity contribution in [2.45, 2.75) is 31.3 Å². The smallest absolute Gasteiger partial charge is 0.139 e. The molecule has 4 rings (SSSR count). The number of piperidine rings is 2. The summed E-state index contributed by atoms with van der Waals surface area (Å²) < 4.78 is 0. The number of phenols is 1. The second kappa shape index (κ2) is 3.84. The first-order valence-corrected chi connectivity index (χ1v) is 6.20. The fourth-order valence-corrected chi connectivity index (χ4v) is 3.39. The van der Waals surface area contributed by atoms with Crippen LogP contribution in [0.1, 0.15) is 30.9 Å². The molecule has 0 aromatic heterocycles. The maximum absolute atomic E-state index is 12.0. The van der Waals surface area contributed by atoms with E-state index in [2.05, 4.69) is 11.9 Å². The van der Waals surface area contributed by atoms with Gasteiger partial charge in [0.1, 0.15) is 11.5 Å². The van der Waals surface area contributed by atoms with Gasteiger partial charge in [-0.2, -0.15) is 0 Å². The second-order valence-corrected chi connectivity index (χ2v) is 5.21. The fourth-order valence-electron chi connectivity index (χ4n) is 3.39. The van der Waals surface area contributed by atoms with Crippen LogP contribution in [0.5, 0.6) is 5.75 Å². The molecule has 0 radical (unpaired) electrons. The van der Waals surface area contributed by atoms with E-state index in [0.717, 1.165) is 18.4 Å². The first kappa shape index (κ1) is 10.8. The number of Topliss-reactive ketones (excluding diaryl/α,β-unsaturated/α-hetero) is 1. The van der Waals surface area contributed by atoms with Crippen molar-refractivity contribution in [3.8, 4) is 5.75 Å². The summed E-state index contributed by atoms with van der Waals surface area (Å²) >= 11 is 0. The minimum Gasteiger partial charge on any atom is -0.508 e. The quantitative estimate of drug-likeness (QED) is 0.804. The number of rotatable bonds is 1. The number of hydrogen-bond donors (Lipinski definition) is 1. The molecule has 2 aliphatic heterocycles. The largest absolute Gasteiger partial charge is 0.508 e. The molecule has 0 amide bonds. The monoisotopic (exact) mass is 231 g/mol. The van der Waals surface area contributed by atoms with Crippen molar-refractivity contribution < 1.29 is 9.90 Å². The lowest BCUT2D eigenvalue weighted by Crippen LogP contribution is -2.52. The number of carbonyl (C=O) groups is 1. The molecule has 3 heteroatoms. The van der Waals surface area contributed by atoms with E-state index in [0.29, 0.717) is 18.2 Å². The number of benzene rings is 1. The van der Waals surface area contributed by atoms with Gasteiger partial charge in [0.2, 0.25) is 0 Å². The predicted octanol–water partition coefficient (Wildman–Crippen LogP) is 2.12. The Kier molecular flexibility index (Phi) is 2.44. The van der Waals surface area contributed by atoms with E-state index >= 15 is 0 Å². The highest BCUT2D eigenvalue weighted by atomic mass is 16.3. The molecule has 17 heavy (non-hydrogen) atoms. The highest BCUT2D eigenvalue weighted by Gasteiger charge is 2.45. The van der Waals surface area contributed by atoms with E-state index < -0.39 is 0 Å². The second-order valence-electron chi connectivity index (χ2n) is 5.21. The molecule has 1 aromatic rings. The van der Waals surface area contributed by atoms with Crippen LogP contribution in [0.2, 0.25) is 0 Å². The molecule has 90 valence electrons. The molecule has 2 bridgehead atoms. The molecule has 3 atom stereocenters. The summed E-state index contributed by atoms with van der Waals surface area (Å²) in [5.74, 6) is 0.796. The maximum atomic E-state index is 12.0. The van der Waals surface area contributed by atoms with Crippen LogP contribution < -0.4 is 0 Å². The van der Waals surface area contributed by atoms with Crippen molar-refractivity contribution in [2.24, 2.45) is 5.92 Å². The lowest BCUT2D eigenvalue weighted by atomic mass is 9.72. The lowest BCUT2D eigenvalue weighted by molar-refractivity contribution is -0.136. The van der Waals surface area contributed by atoms with E-state index in [1.54, 1.807) is 12.1 Å². The van der Waals surface area contributed by atoms with Crippen molar-refractivity contribution in [1.82, 2.24) is 4.90 Å². The zero-order chi connectivity index (χ0) is 12.0. The highest BCUT2D eigenvalue weighted by Crippen LogP contribution is 2.44. The van der Waals surface area contributed by atoms with Crippen molar-refractivity contribution in [3.63, 3.8) is 0 Å².